The number of aromatic nitrogens is 2. The van der Waals surface area contributed by atoms with E-state index in [1.54, 1.807) is 4.90 Å². The number of hydrogen-bond acceptors (Lipinski definition) is 8. The summed E-state index contributed by atoms with van der Waals surface area (Å²) in [6, 6.07) is 12.3. The highest BCUT2D eigenvalue weighted by Gasteiger charge is 2.41. The fourth-order valence-electron chi connectivity index (χ4n) is 6.68. The second kappa shape index (κ2) is 12.6. The van der Waals surface area contributed by atoms with Gasteiger partial charge in [0.2, 0.25) is 12.5 Å². The monoisotopic (exact) mass is 615 g/mol. The van der Waals surface area contributed by atoms with Gasteiger partial charge in [-0.25, -0.2) is 6.57 Å². The van der Waals surface area contributed by atoms with Crippen LogP contribution in [0.3, 0.4) is 0 Å². The average molecular weight is 616 g/mol. The molecule has 1 atom stereocenters. The average Bonchev–Trinajstić information content (AvgIpc) is 3.01. The van der Waals surface area contributed by atoms with Gasteiger partial charge in [-0.3, -0.25) is 4.79 Å². The molecule has 2 fully saturated rings. The quantitative estimate of drug-likeness (QED) is 0.265. The van der Waals surface area contributed by atoms with E-state index in [0.717, 1.165) is 58.1 Å². The van der Waals surface area contributed by atoms with E-state index in [-0.39, 0.29) is 23.9 Å². The van der Waals surface area contributed by atoms with E-state index < -0.39 is 0 Å². The van der Waals surface area contributed by atoms with Gasteiger partial charge >= 0.3 is 6.01 Å². The molecule has 4 heterocycles. The molecule has 1 amide bonds. The normalized spacial score (nSPS) is 19.3. The highest BCUT2D eigenvalue weighted by molar-refractivity contribution is 6.36. The van der Waals surface area contributed by atoms with Crippen molar-refractivity contribution in [3.8, 4) is 6.01 Å². The van der Waals surface area contributed by atoms with Crippen molar-refractivity contribution in [3.05, 3.63) is 76.8 Å². The molecule has 0 saturated carbocycles. The van der Waals surface area contributed by atoms with Crippen molar-refractivity contribution >= 4 is 39.8 Å². The molecular weight excluding hydrogens is 578 g/mol. The molecule has 3 aliphatic heterocycles. The molecule has 3 aromatic rings. The summed E-state index contributed by atoms with van der Waals surface area (Å²) in [7, 11) is 4.11. The van der Waals surface area contributed by atoms with Gasteiger partial charge in [-0.15, -0.1) is 0 Å². The predicted molar refractivity (Wildman–Crippen MR) is 172 cm³/mol. The van der Waals surface area contributed by atoms with Gasteiger partial charge in [-0.2, -0.15) is 9.97 Å². The Morgan fingerprint density at radius 1 is 1.20 bits per heavy atom. The van der Waals surface area contributed by atoms with Crippen LogP contribution in [0.1, 0.15) is 11.3 Å². The fraction of sp³-hybridized carbons (Fsp3) is 0.455. The summed E-state index contributed by atoms with van der Waals surface area (Å²) in [5, 5.41) is 2.86. The third kappa shape index (κ3) is 5.92. The number of nitrogens with zero attached hydrogens (tertiary/aromatic N) is 7. The van der Waals surface area contributed by atoms with Crippen LogP contribution in [0.25, 0.3) is 15.6 Å². The highest BCUT2D eigenvalue weighted by atomic mass is 35.5. The number of carbonyl (C=O) groups excluding carboxylic acids is 1. The largest absolute Gasteiger partial charge is 0.463 e. The first-order valence-electron chi connectivity index (χ1n) is 15.0. The van der Waals surface area contributed by atoms with E-state index in [1.807, 2.05) is 12.1 Å². The second-order valence-electron chi connectivity index (χ2n) is 12.2. The Bertz CT molecular complexity index is 1600. The molecule has 0 bridgehead atoms. The van der Waals surface area contributed by atoms with Crippen molar-refractivity contribution in [2.75, 3.05) is 83.0 Å². The summed E-state index contributed by atoms with van der Waals surface area (Å²) in [4.78, 5) is 34.6. The number of benzene rings is 2. The summed E-state index contributed by atoms with van der Waals surface area (Å²) >= 11 is 6.71. The van der Waals surface area contributed by atoms with Crippen molar-refractivity contribution in [2.45, 2.75) is 19.0 Å². The van der Waals surface area contributed by atoms with Gasteiger partial charge < -0.3 is 33.9 Å². The topological polar surface area (TPSA) is 78.6 Å². The molecule has 0 spiro atoms. The Morgan fingerprint density at radius 3 is 2.70 bits per heavy atom. The fourth-order valence-corrected chi connectivity index (χ4v) is 6.95. The van der Waals surface area contributed by atoms with Crippen molar-refractivity contribution in [2.24, 2.45) is 5.41 Å². The number of piperazine rings is 1. The summed E-state index contributed by atoms with van der Waals surface area (Å²) in [6.45, 7) is 16.9. The number of anilines is 2. The zero-order chi connectivity index (χ0) is 30.8. The molecule has 0 aliphatic carbocycles. The van der Waals surface area contributed by atoms with E-state index in [9.17, 15) is 4.79 Å². The van der Waals surface area contributed by atoms with E-state index in [4.69, 9.17) is 37.6 Å². The van der Waals surface area contributed by atoms with Crippen LogP contribution in [0.5, 0.6) is 6.01 Å². The molecule has 11 heteroatoms. The maximum Gasteiger partial charge on any atom is 0.318 e. The smallest absolute Gasteiger partial charge is 0.318 e. The zero-order valence-corrected chi connectivity index (χ0v) is 26.1. The first-order valence-corrected chi connectivity index (χ1v) is 15.4. The number of fused-ring (bicyclic) bond motifs is 2. The maximum absolute atomic E-state index is 12.6. The number of carbonyl (C=O) groups is 1. The molecule has 2 saturated heterocycles. The standard InChI is InChI=1S/C33H38ClN7O3/c1-5-29(42)41-15-14-40(17-24(41)16-35-2)31-25-12-13-39(28-11-7-9-23-8-6-10-26(34)30(23)28)18-27(25)36-32(37-31)44-22-33(19-38(3)4)20-43-21-33/h5-11,24H,1,12-22H2,3-4H3/t24-/m0/s1. The molecule has 230 valence electrons. The van der Waals surface area contributed by atoms with Crippen LogP contribution in [0.4, 0.5) is 11.5 Å². The molecule has 44 heavy (non-hydrogen) atoms. The van der Waals surface area contributed by atoms with E-state index in [1.165, 1.54) is 6.08 Å². The number of rotatable bonds is 9. The number of amides is 1. The van der Waals surface area contributed by atoms with Crippen LogP contribution in [0, 0.1) is 12.0 Å². The summed E-state index contributed by atoms with van der Waals surface area (Å²) in [5.41, 5.74) is 2.97. The van der Waals surface area contributed by atoms with Gasteiger partial charge in [-0.1, -0.05) is 42.4 Å². The van der Waals surface area contributed by atoms with Crippen molar-refractivity contribution in [1.29, 1.82) is 0 Å². The minimum absolute atomic E-state index is 0.105. The molecular formula is C33H38ClN7O3. The van der Waals surface area contributed by atoms with Crippen molar-refractivity contribution < 1.29 is 14.3 Å². The lowest BCUT2D eigenvalue weighted by molar-refractivity contribution is -0.140. The Labute approximate surface area is 263 Å². The van der Waals surface area contributed by atoms with Gasteiger partial charge in [0.1, 0.15) is 18.5 Å². The Balaban J connectivity index is 1.34. The third-order valence-electron chi connectivity index (χ3n) is 8.71. The van der Waals surface area contributed by atoms with Crippen LogP contribution in [0.15, 0.2) is 49.1 Å². The zero-order valence-electron chi connectivity index (χ0n) is 25.3. The van der Waals surface area contributed by atoms with Crippen molar-refractivity contribution in [3.63, 3.8) is 0 Å². The van der Waals surface area contributed by atoms with Crippen LogP contribution >= 0.6 is 11.6 Å². The minimum Gasteiger partial charge on any atom is -0.463 e. The lowest BCUT2D eigenvalue weighted by atomic mass is 9.86. The Morgan fingerprint density at radius 2 is 2.00 bits per heavy atom. The minimum atomic E-state index is -0.255. The third-order valence-corrected chi connectivity index (χ3v) is 9.03. The second-order valence-corrected chi connectivity index (χ2v) is 12.6. The molecule has 1 aromatic heterocycles. The highest BCUT2D eigenvalue weighted by Crippen LogP contribution is 2.37. The summed E-state index contributed by atoms with van der Waals surface area (Å²) in [6.07, 6.45) is 2.07. The maximum atomic E-state index is 12.6. The van der Waals surface area contributed by atoms with Crippen LogP contribution in [0.2, 0.25) is 5.02 Å². The first-order chi connectivity index (χ1) is 21.3. The molecule has 6 rings (SSSR count). The Kier molecular flexibility index (Phi) is 8.63. The molecule has 10 nitrogen and oxygen atoms in total. The predicted octanol–water partition coefficient (Wildman–Crippen LogP) is 3.93. The summed E-state index contributed by atoms with van der Waals surface area (Å²) < 4.78 is 12.0. The van der Waals surface area contributed by atoms with Crippen LogP contribution < -0.4 is 14.5 Å². The van der Waals surface area contributed by atoms with Gasteiger partial charge in [0, 0.05) is 49.4 Å². The molecule has 0 unspecified atom stereocenters. The van der Waals surface area contributed by atoms with Gasteiger partial charge in [0.15, 0.2) is 0 Å². The molecule has 2 aromatic carbocycles. The van der Waals surface area contributed by atoms with Crippen LogP contribution in [-0.4, -0.2) is 105 Å². The SMILES string of the molecule is [C-]#[N+]C[C@H]1CN(c2nc(OCC3(CN(C)C)COC3)nc3c2CCN(c2cccc4cccc(Cl)c24)C3)CCN1C(=O)C=C. The van der Waals surface area contributed by atoms with E-state index in [0.29, 0.717) is 52.0 Å². The van der Waals surface area contributed by atoms with E-state index >= 15 is 0 Å². The van der Waals surface area contributed by atoms with E-state index in [2.05, 4.69) is 64.5 Å². The number of ether oxygens (including phenoxy) is 2. The molecule has 0 N–H and O–H groups in total. The number of halogens is 1. The first kappa shape index (κ1) is 30.1. The van der Waals surface area contributed by atoms with Gasteiger partial charge in [0.25, 0.3) is 0 Å². The molecule has 3 aliphatic rings. The lowest BCUT2D eigenvalue weighted by Crippen LogP contribution is -2.56. The Hall–Kier alpha value is -3.91. The summed E-state index contributed by atoms with van der Waals surface area (Å²) in [5.74, 6) is 0.679. The molecule has 0 radical (unpaired) electrons. The lowest BCUT2D eigenvalue weighted by Gasteiger charge is -2.43. The number of hydrogen-bond donors (Lipinski definition) is 0. The van der Waals surface area contributed by atoms with Crippen LogP contribution in [-0.2, 0) is 22.5 Å². The van der Waals surface area contributed by atoms with Gasteiger partial charge in [0.05, 0.1) is 35.9 Å². The van der Waals surface area contributed by atoms with Crippen molar-refractivity contribution in [1.82, 2.24) is 19.8 Å². The van der Waals surface area contributed by atoms with Gasteiger partial charge in [-0.05, 0) is 44.1 Å².